The van der Waals surface area contributed by atoms with Crippen LogP contribution in [0.4, 0.5) is 5.95 Å². The molecule has 1 aliphatic heterocycles. The Morgan fingerprint density at radius 1 is 1.25 bits per heavy atom. The molecule has 0 amide bonds. The highest BCUT2D eigenvalue weighted by atomic mass is 32.1. The second-order valence-corrected chi connectivity index (χ2v) is 6.44. The van der Waals surface area contributed by atoms with Crippen molar-refractivity contribution in [3.63, 3.8) is 0 Å². The number of rotatable bonds is 2. The molecule has 6 heteroatoms. The Kier molecular flexibility index (Phi) is 3.52. The van der Waals surface area contributed by atoms with Gasteiger partial charge >= 0.3 is 0 Å². The van der Waals surface area contributed by atoms with Crippen molar-refractivity contribution in [1.82, 2.24) is 14.5 Å². The number of anilines is 1. The molecule has 0 atom stereocenters. The van der Waals surface area contributed by atoms with Gasteiger partial charge in [0.05, 0.1) is 5.52 Å². The van der Waals surface area contributed by atoms with Crippen molar-refractivity contribution in [2.75, 3.05) is 31.1 Å². The van der Waals surface area contributed by atoms with Crippen LogP contribution in [0.2, 0.25) is 0 Å². The van der Waals surface area contributed by atoms with Gasteiger partial charge in [0.15, 0.2) is 0 Å². The zero-order valence-electron chi connectivity index (χ0n) is 12.2. The summed E-state index contributed by atoms with van der Waals surface area (Å²) in [6.07, 6.45) is 0. The fourth-order valence-corrected chi connectivity index (χ4v) is 3.50. The molecule has 1 aliphatic rings. The number of hydrogen-bond acceptors (Lipinski definition) is 5. The molecule has 0 N–H and O–H groups in total. The topological polar surface area (TPSA) is 41.4 Å². The Hall–Kier alpha value is -1.40. The highest BCUT2D eigenvalue weighted by Gasteiger charge is 2.22. The highest BCUT2D eigenvalue weighted by Crippen LogP contribution is 2.19. The third-order valence-electron chi connectivity index (χ3n) is 3.99. The van der Waals surface area contributed by atoms with Gasteiger partial charge in [-0.1, -0.05) is 0 Å². The van der Waals surface area contributed by atoms with E-state index in [1.54, 1.807) is 4.57 Å². The molecule has 0 aliphatic carbocycles. The molecule has 3 heterocycles. The maximum atomic E-state index is 12.3. The summed E-state index contributed by atoms with van der Waals surface area (Å²) in [5, 5.41) is 1.93. The lowest BCUT2D eigenvalue weighted by Gasteiger charge is -2.37. The van der Waals surface area contributed by atoms with E-state index in [9.17, 15) is 4.79 Å². The van der Waals surface area contributed by atoms with E-state index in [0.29, 0.717) is 6.04 Å². The fraction of sp³-hybridized carbons (Fsp3) is 0.571. The molecule has 1 saturated heterocycles. The second-order valence-electron chi connectivity index (χ2n) is 5.53. The predicted molar refractivity (Wildman–Crippen MR) is 83.8 cm³/mol. The van der Waals surface area contributed by atoms with E-state index in [2.05, 4.69) is 28.6 Å². The van der Waals surface area contributed by atoms with E-state index < -0.39 is 0 Å². The van der Waals surface area contributed by atoms with Gasteiger partial charge in [0.25, 0.3) is 5.56 Å². The molecule has 1 fully saturated rings. The SMILES string of the molecule is CC(C)N1CCN(c2nc3ccsc3c(=O)n2C)CC1. The van der Waals surface area contributed by atoms with E-state index in [1.807, 2.05) is 18.5 Å². The largest absolute Gasteiger partial charge is 0.340 e. The van der Waals surface area contributed by atoms with Crippen LogP contribution in [-0.2, 0) is 7.05 Å². The van der Waals surface area contributed by atoms with Gasteiger partial charge in [-0.15, -0.1) is 11.3 Å². The maximum Gasteiger partial charge on any atom is 0.272 e. The first-order valence-corrected chi connectivity index (χ1v) is 7.89. The van der Waals surface area contributed by atoms with Gasteiger partial charge in [0.1, 0.15) is 4.70 Å². The van der Waals surface area contributed by atoms with Crippen LogP contribution < -0.4 is 10.5 Å². The minimum Gasteiger partial charge on any atom is -0.340 e. The van der Waals surface area contributed by atoms with Gasteiger partial charge in [0, 0.05) is 39.3 Å². The van der Waals surface area contributed by atoms with Crippen LogP contribution in [-0.4, -0.2) is 46.7 Å². The summed E-state index contributed by atoms with van der Waals surface area (Å²) >= 11 is 1.47. The minimum absolute atomic E-state index is 0.0614. The molecular formula is C14H20N4OS. The number of thiophene rings is 1. The normalized spacial score (nSPS) is 17.3. The second kappa shape index (κ2) is 5.18. The van der Waals surface area contributed by atoms with Crippen molar-refractivity contribution in [3.8, 4) is 0 Å². The molecule has 2 aromatic rings. The molecular weight excluding hydrogens is 272 g/mol. The lowest BCUT2D eigenvalue weighted by atomic mass is 10.2. The van der Waals surface area contributed by atoms with Crippen LogP contribution in [0.25, 0.3) is 10.2 Å². The first kappa shape index (κ1) is 13.6. The number of fused-ring (bicyclic) bond motifs is 1. The molecule has 0 saturated carbocycles. The van der Waals surface area contributed by atoms with Gasteiger partial charge < -0.3 is 4.90 Å². The van der Waals surface area contributed by atoms with Crippen molar-refractivity contribution in [3.05, 3.63) is 21.8 Å². The van der Waals surface area contributed by atoms with Crippen LogP contribution in [0.5, 0.6) is 0 Å². The van der Waals surface area contributed by atoms with Crippen LogP contribution in [0.1, 0.15) is 13.8 Å². The summed E-state index contributed by atoms with van der Waals surface area (Å²) in [5.41, 5.74) is 0.880. The fourth-order valence-electron chi connectivity index (χ4n) is 2.70. The Morgan fingerprint density at radius 3 is 2.60 bits per heavy atom. The summed E-state index contributed by atoms with van der Waals surface area (Å²) in [4.78, 5) is 21.7. The molecule has 0 radical (unpaired) electrons. The standard InChI is InChI=1S/C14H20N4OS/c1-10(2)17-5-7-18(8-6-17)14-15-11-4-9-20-12(11)13(19)16(14)3/h4,9-10H,5-8H2,1-3H3. The number of nitrogens with zero attached hydrogens (tertiary/aromatic N) is 4. The molecule has 20 heavy (non-hydrogen) atoms. The summed E-state index contributed by atoms with van der Waals surface area (Å²) in [6.45, 7) is 8.34. The lowest BCUT2D eigenvalue weighted by molar-refractivity contribution is 0.208. The zero-order chi connectivity index (χ0) is 14.3. The first-order valence-electron chi connectivity index (χ1n) is 7.01. The molecule has 108 valence electrons. The molecule has 0 spiro atoms. The van der Waals surface area contributed by atoms with Crippen LogP contribution in [0.15, 0.2) is 16.2 Å². The molecule has 0 bridgehead atoms. The number of piperazine rings is 1. The summed E-state index contributed by atoms with van der Waals surface area (Å²) in [5.74, 6) is 0.796. The van der Waals surface area contributed by atoms with Gasteiger partial charge in [0.2, 0.25) is 5.95 Å². The summed E-state index contributed by atoms with van der Waals surface area (Å²) in [7, 11) is 1.82. The maximum absolute atomic E-state index is 12.3. The first-order chi connectivity index (χ1) is 9.58. The third kappa shape index (κ3) is 2.23. The lowest BCUT2D eigenvalue weighted by Crippen LogP contribution is -2.50. The number of aromatic nitrogens is 2. The summed E-state index contributed by atoms with van der Waals surface area (Å²) < 4.78 is 2.43. The highest BCUT2D eigenvalue weighted by molar-refractivity contribution is 7.17. The zero-order valence-corrected chi connectivity index (χ0v) is 13.0. The van der Waals surface area contributed by atoms with Gasteiger partial charge in [-0.25, -0.2) is 4.98 Å². The monoisotopic (exact) mass is 292 g/mol. The summed E-state index contributed by atoms with van der Waals surface area (Å²) in [6, 6.07) is 2.50. The van der Waals surface area contributed by atoms with Crippen molar-refractivity contribution >= 4 is 27.5 Å². The smallest absolute Gasteiger partial charge is 0.272 e. The van der Waals surface area contributed by atoms with Crippen LogP contribution in [0.3, 0.4) is 0 Å². The van der Waals surface area contributed by atoms with Crippen molar-refractivity contribution in [2.24, 2.45) is 7.05 Å². The van der Waals surface area contributed by atoms with Crippen molar-refractivity contribution in [1.29, 1.82) is 0 Å². The van der Waals surface area contributed by atoms with Gasteiger partial charge in [-0.2, -0.15) is 0 Å². The van der Waals surface area contributed by atoms with Crippen LogP contribution in [0, 0.1) is 0 Å². The third-order valence-corrected chi connectivity index (χ3v) is 4.88. The Bertz CT molecular complexity index is 667. The Balaban J connectivity index is 1.91. The Labute approximate surface area is 122 Å². The van der Waals surface area contributed by atoms with Crippen molar-refractivity contribution < 1.29 is 0 Å². The van der Waals surface area contributed by atoms with E-state index >= 15 is 0 Å². The van der Waals surface area contributed by atoms with Gasteiger partial charge in [-0.3, -0.25) is 14.3 Å². The van der Waals surface area contributed by atoms with E-state index in [4.69, 9.17) is 0 Å². The molecule has 0 aromatic carbocycles. The number of hydrogen-bond donors (Lipinski definition) is 0. The molecule has 2 aromatic heterocycles. The predicted octanol–water partition coefficient (Wildman–Crippen LogP) is 1.53. The van der Waals surface area contributed by atoms with Gasteiger partial charge in [-0.05, 0) is 25.3 Å². The van der Waals surface area contributed by atoms with Crippen molar-refractivity contribution in [2.45, 2.75) is 19.9 Å². The molecule has 3 rings (SSSR count). The minimum atomic E-state index is 0.0614. The quantitative estimate of drug-likeness (QED) is 0.842. The average molecular weight is 292 g/mol. The average Bonchev–Trinajstić information content (AvgIpc) is 2.91. The molecule has 5 nitrogen and oxygen atoms in total. The van der Waals surface area contributed by atoms with Crippen LogP contribution >= 0.6 is 11.3 Å². The molecule has 0 unspecified atom stereocenters. The van der Waals surface area contributed by atoms with E-state index in [0.717, 1.165) is 42.3 Å². The van der Waals surface area contributed by atoms with E-state index in [-0.39, 0.29) is 5.56 Å². The Morgan fingerprint density at radius 2 is 1.95 bits per heavy atom. The van der Waals surface area contributed by atoms with E-state index in [1.165, 1.54) is 11.3 Å².